The first-order chi connectivity index (χ1) is 16.8. The average Bonchev–Trinajstić information content (AvgIpc) is 3.28. The molecule has 0 amide bonds. The molecule has 3 heteroatoms. The van der Waals surface area contributed by atoms with Crippen LogP contribution in [0.25, 0.3) is 65.9 Å². The van der Waals surface area contributed by atoms with E-state index in [2.05, 4.69) is 54.6 Å². The van der Waals surface area contributed by atoms with E-state index in [1.807, 2.05) is 48.5 Å². The van der Waals surface area contributed by atoms with E-state index in [1.165, 1.54) is 0 Å². The van der Waals surface area contributed by atoms with Gasteiger partial charge in [0, 0.05) is 21.7 Å². The lowest BCUT2D eigenvalue weighted by Gasteiger charge is -2.08. The molecule has 0 spiro atoms. The van der Waals surface area contributed by atoms with Gasteiger partial charge in [-0.3, -0.25) is 0 Å². The van der Waals surface area contributed by atoms with Crippen LogP contribution in [0.1, 0.15) is 0 Å². The van der Waals surface area contributed by atoms with Gasteiger partial charge >= 0.3 is 5.63 Å². The summed E-state index contributed by atoms with van der Waals surface area (Å²) in [5.41, 5.74) is 6.29. The molecule has 0 radical (unpaired) electrons. The van der Waals surface area contributed by atoms with Crippen LogP contribution in [0.15, 0.2) is 123 Å². The molecule has 2 aromatic heterocycles. The highest BCUT2D eigenvalue weighted by Crippen LogP contribution is 2.36. The van der Waals surface area contributed by atoms with E-state index < -0.39 is 0 Å². The van der Waals surface area contributed by atoms with Crippen LogP contribution in [0.5, 0.6) is 0 Å². The Hall–Kier alpha value is -4.63. The van der Waals surface area contributed by atoms with Gasteiger partial charge in [0.1, 0.15) is 16.7 Å². The van der Waals surface area contributed by atoms with Crippen LogP contribution in [0.2, 0.25) is 0 Å². The van der Waals surface area contributed by atoms with Crippen LogP contribution < -0.4 is 5.63 Å². The van der Waals surface area contributed by atoms with Gasteiger partial charge in [-0.2, -0.15) is 0 Å². The molecule has 0 aliphatic rings. The zero-order valence-electron chi connectivity index (χ0n) is 18.1. The summed E-state index contributed by atoms with van der Waals surface area (Å²) in [4.78, 5) is 12.4. The fourth-order valence-electron chi connectivity index (χ4n) is 4.88. The monoisotopic (exact) mass is 438 g/mol. The lowest BCUT2D eigenvalue weighted by Crippen LogP contribution is -1.99. The normalized spacial score (nSPS) is 11.6. The third-order valence-electron chi connectivity index (χ3n) is 6.55. The summed E-state index contributed by atoms with van der Waals surface area (Å²) in [6.45, 7) is 0. The van der Waals surface area contributed by atoms with Gasteiger partial charge < -0.3 is 8.83 Å². The highest BCUT2D eigenvalue weighted by molar-refractivity contribution is 6.09. The third kappa shape index (κ3) is 2.81. The molecule has 7 rings (SSSR count). The molecule has 0 bridgehead atoms. The number of hydrogen-bond donors (Lipinski definition) is 0. The van der Waals surface area contributed by atoms with Crippen molar-refractivity contribution < 1.29 is 8.83 Å². The lowest BCUT2D eigenvalue weighted by atomic mass is 9.98. The van der Waals surface area contributed by atoms with Crippen molar-refractivity contribution in [2.75, 3.05) is 0 Å². The van der Waals surface area contributed by atoms with E-state index >= 15 is 0 Å². The minimum Gasteiger partial charge on any atom is -0.455 e. The molecule has 0 unspecified atom stereocenters. The largest absolute Gasteiger partial charge is 0.455 e. The van der Waals surface area contributed by atoms with E-state index in [0.717, 1.165) is 55.0 Å². The van der Waals surface area contributed by atoms with Crippen molar-refractivity contribution >= 4 is 43.7 Å². The summed E-state index contributed by atoms with van der Waals surface area (Å²) < 4.78 is 11.8. The molecule has 0 atom stereocenters. The Labute approximate surface area is 194 Å². The molecule has 5 aromatic carbocycles. The van der Waals surface area contributed by atoms with Crippen molar-refractivity contribution in [1.82, 2.24) is 0 Å². The molecule has 0 saturated carbocycles. The van der Waals surface area contributed by atoms with E-state index in [9.17, 15) is 4.79 Å². The molecule has 0 fully saturated rings. The SMILES string of the molecule is O=c1oc2cc(-c3ccc(-c4cccc5c4oc4ccccc45)cc3)ccc2c2ccccc12. The Morgan fingerprint density at radius 3 is 1.94 bits per heavy atom. The van der Waals surface area contributed by atoms with E-state index in [4.69, 9.17) is 8.83 Å². The van der Waals surface area contributed by atoms with Crippen molar-refractivity contribution in [1.29, 1.82) is 0 Å². The molecule has 160 valence electrons. The van der Waals surface area contributed by atoms with Gasteiger partial charge in [0.15, 0.2) is 0 Å². The molecule has 3 nitrogen and oxygen atoms in total. The van der Waals surface area contributed by atoms with Crippen molar-refractivity contribution in [2.24, 2.45) is 0 Å². The molecule has 2 heterocycles. The molecule has 34 heavy (non-hydrogen) atoms. The number of para-hydroxylation sites is 2. The number of rotatable bonds is 2. The van der Waals surface area contributed by atoms with Crippen LogP contribution in [-0.2, 0) is 0 Å². The Kier molecular flexibility index (Phi) is 4.00. The van der Waals surface area contributed by atoms with E-state index in [-0.39, 0.29) is 5.63 Å². The standard InChI is InChI=1S/C31H18O3/c32-31-27-8-2-1-6-23(27)25-17-16-21(18-29(25)34-31)19-12-14-20(15-13-19)22-9-5-10-26-24-7-3-4-11-28(24)33-30(22)26/h1-18H. The van der Waals surface area contributed by atoms with Gasteiger partial charge in [0.2, 0.25) is 0 Å². The van der Waals surface area contributed by atoms with Gasteiger partial charge in [-0.25, -0.2) is 4.79 Å². The molecule has 0 saturated heterocycles. The number of hydrogen-bond acceptors (Lipinski definition) is 3. The predicted molar refractivity (Wildman–Crippen MR) is 138 cm³/mol. The van der Waals surface area contributed by atoms with Crippen molar-refractivity contribution in [2.45, 2.75) is 0 Å². The van der Waals surface area contributed by atoms with Gasteiger partial charge in [0.25, 0.3) is 0 Å². The zero-order valence-corrected chi connectivity index (χ0v) is 18.1. The van der Waals surface area contributed by atoms with Gasteiger partial charge in [-0.1, -0.05) is 84.9 Å². The topological polar surface area (TPSA) is 43.4 Å². The van der Waals surface area contributed by atoms with Gasteiger partial charge in [-0.05, 0) is 46.3 Å². The Morgan fingerprint density at radius 1 is 0.441 bits per heavy atom. The molecule has 0 aliphatic heterocycles. The fourth-order valence-corrected chi connectivity index (χ4v) is 4.88. The number of benzene rings is 5. The summed E-state index contributed by atoms with van der Waals surface area (Å²) in [6.07, 6.45) is 0. The fraction of sp³-hybridized carbons (Fsp3) is 0. The second-order valence-corrected chi connectivity index (χ2v) is 8.50. The maximum Gasteiger partial charge on any atom is 0.344 e. The molecular formula is C31H18O3. The minimum atomic E-state index is -0.311. The van der Waals surface area contributed by atoms with E-state index in [0.29, 0.717) is 11.0 Å². The maximum atomic E-state index is 12.4. The quantitative estimate of drug-likeness (QED) is 0.202. The Morgan fingerprint density at radius 2 is 1.09 bits per heavy atom. The second-order valence-electron chi connectivity index (χ2n) is 8.50. The summed E-state index contributed by atoms with van der Waals surface area (Å²) in [6, 6.07) is 36.4. The molecule has 0 aliphatic carbocycles. The summed E-state index contributed by atoms with van der Waals surface area (Å²) in [5.74, 6) is 0. The Bertz CT molecular complexity index is 1920. The maximum absolute atomic E-state index is 12.4. The number of furan rings is 1. The zero-order chi connectivity index (χ0) is 22.6. The number of fused-ring (bicyclic) bond motifs is 6. The summed E-state index contributed by atoms with van der Waals surface area (Å²) in [5, 5.41) is 4.70. The highest BCUT2D eigenvalue weighted by atomic mass is 16.4. The third-order valence-corrected chi connectivity index (χ3v) is 6.55. The Balaban J connectivity index is 1.33. The predicted octanol–water partition coefficient (Wildman–Crippen LogP) is 8.18. The van der Waals surface area contributed by atoms with Crippen LogP contribution >= 0.6 is 0 Å². The van der Waals surface area contributed by atoms with E-state index in [1.54, 1.807) is 6.07 Å². The van der Waals surface area contributed by atoms with Crippen molar-refractivity contribution in [3.8, 4) is 22.3 Å². The smallest absolute Gasteiger partial charge is 0.344 e. The summed E-state index contributed by atoms with van der Waals surface area (Å²) in [7, 11) is 0. The summed E-state index contributed by atoms with van der Waals surface area (Å²) >= 11 is 0. The first-order valence-corrected chi connectivity index (χ1v) is 11.2. The lowest BCUT2D eigenvalue weighted by molar-refractivity contribution is 0.570. The van der Waals surface area contributed by atoms with Gasteiger partial charge in [0.05, 0.1) is 5.39 Å². The second kappa shape index (κ2) is 7.19. The van der Waals surface area contributed by atoms with Crippen molar-refractivity contribution in [3.63, 3.8) is 0 Å². The molecule has 7 aromatic rings. The average molecular weight is 438 g/mol. The van der Waals surface area contributed by atoms with Crippen LogP contribution in [0, 0.1) is 0 Å². The van der Waals surface area contributed by atoms with Crippen LogP contribution in [0.3, 0.4) is 0 Å². The molecular weight excluding hydrogens is 420 g/mol. The van der Waals surface area contributed by atoms with Crippen LogP contribution in [0.4, 0.5) is 0 Å². The molecule has 0 N–H and O–H groups in total. The van der Waals surface area contributed by atoms with Gasteiger partial charge in [-0.15, -0.1) is 0 Å². The minimum absolute atomic E-state index is 0.311. The first-order valence-electron chi connectivity index (χ1n) is 11.2. The first kappa shape index (κ1) is 18.9. The van der Waals surface area contributed by atoms with Crippen LogP contribution in [-0.4, -0.2) is 0 Å². The highest BCUT2D eigenvalue weighted by Gasteiger charge is 2.12. The van der Waals surface area contributed by atoms with Crippen molar-refractivity contribution in [3.05, 3.63) is 120 Å².